The summed E-state index contributed by atoms with van der Waals surface area (Å²) in [5.74, 6) is 0.862. The van der Waals surface area contributed by atoms with Crippen LogP contribution in [0, 0.1) is 17.3 Å². The summed E-state index contributed by atoms with van der Waals surface area (Å²) in [6.07, 6.45) is 9.15. The largest absolute Gasteiger partial charge is 0.372 e. The Balaban J connectivity index is 0.000000476. The molecule has 252 valence electrons. The zero-order valence-corrected chi connectivity index (χ0v) is 28.0. The molecule has 12 heteroatoms. The number of likely N-dealkylation sites (N-methyl/N-ethyl adjacent to an activating group) is 1. The van der Waals surface area contributed by atoms with E-state index >= 15 is 0 Å². The number of nitrogens with two attached hydrogens (primary N) is 1. The smallest absolute Gasteiger partial charge is 0.246 e. The SMILES string of the molecule is CC(=O)C(CC1CCC1)NC(=O)C1CCCN1C(=O)C(NC=O)C(C)(C)C.CNC(CN1CCCCC1=O)C(C)C.NC=O. The third-order valence-corrected chi connectivity index (χ3v) is 8.80. The van der Waals surface area contributed by atoms with E-state index in [1.807, 2.05) is 32.7 Å². The summed E-state index contributed by atoms with van der Waals surface area (Å²) in [5, 5.41) is 8.76. The highest BCUT2D eigenvalue weighted by atomic mass is 16.2. The van der Waals surface area contributed by atoms with Crippen molar-refractivity contribution in [1.82, 2.24) is 25.8 Å². The van der Waals surface area contributed by atoms with Gasteiger partial charge in [0.1, 0.15) is 12.1 Å². The van der Waals surface area contributed by atoms with E-state index in [2.05, 4.69) is 35.5 Å². The first kappa shape index (κ1) is 39.0. The summed E-state index contributed by atoms with van der Waals surface area (Å²) < 4.78 is 0. The standard InChI is InChI=1S/C20H33N3O4.C11H22N2O.CH3NO/c1-13(25)15(11-14-7-5-8-14)22-18(26)16-9-6-10-23(16)19(27)17(21-12-24)20(2,3)4;1-9(2)10(12-3)8-13-7-5-4-6-11(13)14;2-1-3/h12,14-17H,5-11H2,1-4H3,(H,21,24)(H,22,26);9-10,12H,4-8H2,1-3H3;1H,(H2,2,3). The molecule has 2 aliphatic heterocycles. The first-order chi connectivity index (χ1) is 20.7. The molecule has 1 saturated carbocycles. The monoisotopic (exact) mass is 622 g/mol. The predicted molar refractivity (Wildman–Crippen MR) is 170 cm³/mol. The Morgan fingerprint density at radius 1 is 1.02 bits per heavy atom. The lowest BCUT2D eigenvalue weighted by Crippen LogP contribution is -2.57. The minimum Gasteiger partial charge on any atom is -0.372 e. The zero-order chi connectivity index (χ0) is 33.4. The van der Waals surface area contributed by atoms with Crippen molar-refractivity contribution in [2.24, 2.45) is 23.0 Å². The number of rotatable bonds is 12. The molecule has 12 nitrogen and oxygen atoms in total. The Hall–Kier alpha value is -3.02. The molecule has 0 bridgehead atoms. The number of Topliss-reactive ketones (excluding diaryl/α,β-unsaturated/α-hetero) is 1. The van der Waals surface area contributed by atoms with Crippen molar-refractivity contribution in [3.05, 3.63) is 0 Å². The van der Waals surface area contributed by atoms with E-state index in [4.69, 9.17) is 4.79 Å². The molecular formula is C32H58N6O6. The van der Waals surface area contributed by atoms with Gasteiger partial charge in [-0.2, -0.15) is 0 Å². The van der Waals surface area contributed by atoms with Crippen molar-refractivity contribution in [1.29, 1.82) is 0 Å². The van der Waals surface area contributed by atoms with Gasteiger partial charge in [-0.05, 0) is 63.3 Å². The molecule has 1 aliphatic carbocycles. The number of nitrogens with zero attached hydrogens (tertiary/aromatic N) is 2. The van der Waals surface area contributed by atoms with Crippen molar-refractivity contribution in [2.75, 3.05) is 26.7 Å². The van der Waals surface area contributed by atoms with Gasteiger partial charge in [0.25, 0.3) is 0 Å². The predicted octanol–water partition coefficient (Wildman–Crippen LogP) is 1.75. The highest BCUT2D eigenvalue weighted by Gasteiger charge is 2.41. The molecule has 0 aromatic rings. The molecule has 2 heterocycles. The molecule has 5 amide bonds. The van der Waals surface area contributed by atoms with E-state index in [0.29, 0.717) is 49.6 Å². The van der Waals surface area contributed by atoms with Gasteiger partial charge in [-0.1, -0.05) is 53.9 Å². The fraction of sp³-hybridized carbons (Fsp3) is 0.812. The number of nitrogens with one attached hydrogen (secondary N) is 3. The molecule has 3 aliphatic rings. The van der Waals surface area contributed by atoms with Gasteiger partial charge in [-0.25, -0.2) is 0 Å². The number of piperidine rings is 1. The molecular weight excluding hydrogens is 564 g/mol. The first-order valence-electron chi connectivity index (χ1n) is 16.1. The molecule has 4 atom stereocenters. The molecule has 4 unspecified atom stereocenters. The van der Waals surface area contributed by atoms with Crippen LogP contribution in [0.3, 0.4) is 0 Å². The Morgan fingerprint density at radius 2 is 1.66 bits per heavy atom. The van der Waals surface area contributed by atoms with Crippen molar-refractivity contribution >= 4 is 36.3 Å². The average Bonchev–Trinajstić information content (AvgIpc) is 3.42. The molecule has 2 saturated heterocycles. The summed E-state index contributed by atoms with van der Waals surface area (Å²) in [4.78, 5) is 72.5. The normalized spacial score (nSPS) is 20.5. The lowest BCUT2D eigenvalue weighted by molar-refractivity contribution is -0.143. The minimum atomic E-state index is -0.693. The highest BCUT2D eigenvalue weighted by molar-refractivity contribution is 5.94. The summed E-state index contributed by atoms with van der Waals surface area (Å²) in [6.45, 7) is 13.8. The fourth-order valence-electron chi connectivity index (χ4n) is 5.81. The van der Waals surface area contributed by atoms with E-state index in [-0.39, 0.29) is 24.0 Å². The Bertz CT molecular complexity index is 948. The Morgan fingerprint density at radius 3 is 2.11 bits per heavy atom. The third kappa shape index (κ3) is 12.5. The lowest BCUT2D eigenvalue weighted by atomic mass is 9.80. The molecule has 5 N–H and O–H groups in total. The van der Waals surface area contributed by atoms with Crippen molar-refractivity contribution in [3.8, 4) is 0 Å². The van der Waals surface area contributed by atoms with Crippen LogP contribution in [0.1, 0.15) is 99.3 Å². The van der Waals surface area contributed by atoms with Crippen molar-refractivity contribution < 1.29 is 28.8 Å². The maximum Gasteiger partial charge on any atom is 0.246 e. The average molecular weight is 623 g/mol. The molecule has 0 spiro atoms. The van der Waals surface area contributed by atoms with Gasteiger partial charge >= 0.3 is 0 Å². The van der Waals surface area contributed by atoms with Crippen LogP contribution in [0.5, 0.6) is 0 Å². The summed E-state index contributed by atoms with van der Waals surface area (Å²) >= 11 is 0. The second-order valence-corrected chi connectivity index (χ2v) is 13.5. The van der Waals surface area contributed by atoms with Crippen molar-refractivity contribution in [2.45, 2.75) is 123 Å². The van der Waals surface area contributed by atoms with E-state index in [1.54, 1.807) is 4.90 Å². The maximum atomic E-state index is 13.0. The van der Waals surface area contributed by atoms with Crippen molar-refractivity contribution in [3.63, 3.8) is 0 Å². The number of hydrogen-bond donors (Lipinski definition) is 4. The first-order valence-corrected chi connectivity index (χ1v) is 16.1. The molecule has 44 heavy (non-hydrogen) atoms. The van der Waals surface area contributed by atoms with E-state index in [1.165, 1.54) is 19.8 Å². The van der Waals surface area contributed by atoms with Gasteiger partial charge in [0.2, 0.25) is 30.5 Å². The van der Waals surface area contributed by atoms with E-state index in [0.717, 1.165) is 45.2 Å². The fourth-order valence-corrected chi connectivity index (χ4v) is 5.81. The number of ketones is 1. The van der Waals surface area contributed by atoms with Crippen LogP contribution >= 0.6 is 0 Å². The molecule has 3 fully saturated rings. The number of hydrogen-bond acceptors (Lipinski definition) is 7. The zero-order valence-electron chi connectivity index (χ0n) is 28.0. The van der Waals surface area contributed by atoms with Crippen LogP contribution < -0.4 is 21.7 Å². The van der Waals surface area contributed by atoms with E-state index < -0.39 is 23.5 Å². The van der Waals surface area contributed by atoms with Crippen LogP contribution in [0.15, 0.2) is 0 Å². The highest BCUT2D eigenvalue weighted by Crippen LogP contribution is 2.31. The van der Waals surface area contributed by atoms with Gasteiger partial charge in [0.05, 0.1) is 6.04 Å². The number of amides is 5. The Kier molecular flexibility index (Phi) is 17.2. The minimum absolute atomic E-state index is 0.0405. The molecule has 3 rings (SSSR count). The van der Waals surface area contributed by atoms with Gasteiger partial charge < -0.3 is 31.5 Å². The number of primary amides is 1. The summed E-state index contributed by atoms with van der Waals surface area (Å²) in [5.41, 5.74) is 3.70. The number of carbonyl (C=O) groups excluding carboxylic acids is 6. The maximum absolute atomic E-state index is 13.0. The van der Waals surface area contributed by atoms with Crippen LogP contribution in [-0.2, 0) is 28.8 Å². The second kappa shape index (κ2) is 19.4. The van der Waals surface area contributed by atoms with E-state index in [9.17, 15) is 24.0 Å². The van der Waals surface area contributed by atoms with Gasteiger partial charge in [0, 0.05) is 32.1 Å². The molecule has 0 radical (unpaired) electrons. The third-order valence-electron chi connectivity index (χ3n) is 8.80. The van der Waals surface area contributed by atoms with Crippen LogP contribution in [0.25, 0.3) is 0 Å². The van der Waals surface area contributed by atoms with Gasteiger partial charge in [-0.3, -0.25) is 28.8 Å². The quantitative estimate of drug-likeness (QED) is 0.240. The Labute approximate surface area is 264 Å². The van der Waals surface area contributed by atoms with Crippen LogP contribution in [-0.4, -0.2) is 97.0 Å². The summed E-state index contributed by atoms with van der Waals surface area (Å²) in [7, 11) is 1.97. The van der Waals surface area contributed by atoms with Crippen LogP contribution in [0.2, 0.25) is 0 Å². The molecule has 0 aromatic carbocycles. The number of carbonyl (C=O) groups is 6. The lowest BCUT2D eigenvalue weighted by Gasteiger charge is -2.35. The second-order valence-electron chi connectivity index (χ2n) is 13.5. The van der Waals surface area contributed by atoms with Gasteiger partial charge in [-0.15, -0.1) is 0 Å². The molecule has 0 aromatic heterocycles. The van der Waals surface area contributed by atoms with Gasteiger partial charge in [0.15, 0.2) is 5.78 Å². The topological polar surface area (TPSA) is 171 Å². The van der Waals surface area contributed by atoms with Crippen LogP contribution in [0.4, 0.5) is 0 Å². The summed E-state index contributed by atoms with van der Waals surface area (Å²) in [6, 6.07) is -1.33. The number of likely N-dealkylation sites (tertiary alicyclic amines) is 2.